The molecule has 1 saturated heterocycles. The molecule has 2 atom stereocenters. The van der Waals surface area contributed by atoms with E-state index in [1.165, 1.54) is 6.42 Å². The summed E-state index contributed by atoms with van der Waals surface area (Å²) in [7, 11) is 0. The molecule has 18 heavy (non-hydrogen) atoms. The smallest absolute Gasteiger partial charge is 0.228 e. The lowest BCUT2D eigenvalue weighted by Crippen LogP contribution is -2.27. The molecule has 3 rings (SSSR count). The van der Waals surface area contributed by atoms with Crippen LogP contribution in [0, 0.1) is 5.92 Å². The molecule has 0 aliphatic carbocycles. The van der Waals surface area contributed by atoms with Crippen LogP contribution >= 0.6 is 0 Å². The zero-order chi connectivity index (χ0) is 12.9. The van der Waals surface area contributed by atoms with Crippen molar-refractivity contribution in [3.63, 3.8) is 0 Å². The van der Waals surface area contributed by atoms with Gasteiger partial charge in [-0.15, -0.1) is 0 Å². The van der Waals surface area contributed by atoms with Crippen molar-refractivity contribution in [3.05, 3.63) is 17.7 Å². The highest BCUT2D eigenvalue weighted by molar-refractivity contribution is 6.01. The van der Waals surface area contributed by atoms with Gasteiger partial charge in [-0.25, -0.2) is 0 Å². The number of carbonyl (C=O) groups excluding carboxylic acids is 1. The maximum Gasteiger partial charge on any atom is 0.228 e. The van der Waals surface area contributed by atoms with Crippen LogP contribution in [0.2, 0.25) is 0 Å². The fourth-order valence-electron chi connectivity index (χ4n) is 3.17. The van der Waals surface area contributed by atoms with E-state index in [9.17, 15) is 4.79 Å². The lowest BCUT2D eigenvalue weighted by Gasteiger charge is -2.26. The minimum atomic E-state index is 0.0596. The van der Waals surface area contributed by atoms with Crippen molar-refractivity contribution in [2.75, 3.05) is 22.5 Å². The molecule has 4 heteroatoms. The molecule has 4 nitrogen and oxygen atoms in total. The van der Waals surface area contributed by atoms with Gasteiger partial charge in [-0.2, -0.15) is 0 Å². The molecule has 3 N–H and O–H groups in total. The Morgan fingerprint density at radius 1 is 1.39 bits per heavy atom. The third-order valence-corrected chi connectivity index (χ3v) is 3.97. The molecule has 96 valence electrons. The van der Waals surface area contributed by atoms with Crippen molar-refractivity contribution in [1.29, 1.82) is 0 Å². The van der Waals surface area contributed by atoms with Crippen LogP contribution in [0.5, 0.6) is 0 Å². The Bertz CT molecular complexity index is 512. The number of fused-ring (bicyclic) bond motifs is 1. The Balaban J connectivity index is 1.98. The topological polar surface area (TPSA) is 58.4 Å². The molecule has 0 saturated carbocycles. The van der Waals surface area contributed by atoms with Gasteiger partial charge in [0, 0.05) is 18.3 Å². The number of carbonyl (C=O) groups is 1. The van der Waals surface area contributed by atoms with E-state index in [1.54, 1.807) is 0 Å². The summed E-state index contributed by atoms with van der Waals surface area (Å²) in [5.74, 6) is 0.756. The number of nitrogens with zero attached hydrogens (tertiary/aromatic N) is 1. The van der Waals surface area contributed by atoms with E-state index in [2.05, 4.69) is 24.1 Å². The number of nitrogens with two attached hydrogens (primary N) is 1. The van der Waals surface area contributed by atoms with Crippen LogP contribution in [-0.2, 0) is 11.2 Å². The Morgan fingerprint density at radius 3 is 2.83 bits per heavy atom. The van der Waals surface area contributed by atoms with E-state index < -0.39 is 0 Å². The highest BCUT2D eigenvalue weighted by atomic mass is 16.1. The number of benzene rings is 1. The number of nitrogens with one attached hydrogen (secondary N) is 1. The average Bonchev–Trinajstić information content (AvgIpc) is 2.79. The Morgan fingerprint density at radius 2 is 2.17 bits per heavy atom. The summed E-state index contributed by atoms with van der Waals surface area (Å²) < 4.78 is 0. The monoisotopic (exact) mass is 245 g/mol. The number of hydrogen-bond acceptors (Lipinski definition) is 3. The highest BCUT2D eigenvalue weighted by Crippen LogP contribution is 2.37. The second-order valence-corrected chi connectivity index (χ2v) is 5.64. The SMILES string of the molecule is CC1CC(C)N(c2cc3c(cc2N)CC(=O)N3)C1. The summed E-state index contributed by atoms with van der Waals surface area (Å²) in [5, 5.41) is 2.89. The zero-order valence-electron chi connectivity index (χ0n) is 10.9. The predicted octanol–water partition coefficient (Wildman–Crippen LogP) is 2.00. The first-order chi connectivity index (χ1) is 8.54. The quantitative estimate of drug-likeness (QED) is 0.744. The Hall–Kier alpha value is -1.71. The lowest BCUT2D eigenvalue weighted by atomic mass is 10.1. The number of nitrogen functional groups attached to an aromatic ring is 1. The third kappa shape index (κ3) is 1.72. The normalized spacial score (nSPS) is 26.3. The molecule has 0 bridgehead atoms. The van der Waals surface area contributed by atoms with E-state index in [4.69, 9.17) is 5.73 Å². The van der Waals surface area contributed by atoms with Crippen LogP contribution in [0.4, 0.5) is 17.1 Å². The van der Waals surface area contributed by atoms with Crippen molar-refractivity contribution < 1.29 is 4.79 Å². The highest BCUT2D eigenvalue weighted by Gasteiger charge is 2.29. The first-order valence-corrected chi connectivity index (χ1v) is 6.53. The van der Waals surface area contributed by atoms with Gasteiger partial charge in [0.05, 0.1) is 17.8 Å². The molecule has 1 aromatic rings. The molecule has 2 aliphatic heterocycles. The van der Waals surface area contributed by atoms with E-state index in [0.29, 0.717) is 18.4 Å². The Labute approximate surface area is 107 Å². The van der Waals surface area contributed by atoms with E-state index >= 15 is 0 Å². The fraction of sp³-hybridized carbons (Fsp3) is 0.500. The number of hydrogen-bond donors (Lipinski definition) is 2. The van der Waals surface area contributed by atoms with Crippen molar-refractivity contribution in [2.24, 2.45) is 5.92 Å². The largest absolute Gasteiger partial charge is 0.397 e. The Kier molecular flexibility index (Phi) is 2.47. The number of amides is 1. The van der Waals surface area contributed by atoms with Crippen LogP contribution in [0.3, 0.4) is 0 Å². The van der Waals surface area contributed by atoms with E-state index in [-0.39, 0.29) is 5.91 Å². The molecule has 1 aromatic carbocycles. The van der Waals surface area contributed by atoms with Crippen LogP contribution in [0.1, 0.15) is 25.8 Å². The molecule has 1 fully saturated rings. The predicted molar refractivity (Wildman–Crippen MR) is 73.8 cm³/mol. The number of rotatable bonds is 1. The van der Waals surface area contributed by atoms with Crippen molar-refractivity contribution in [3.8, 4) is 0 Å². The summed E-state index contributed by atoms with van der Waals surface area (Å²) in [4.78, 5) is 13.7. The molecule has 0 spiro atoms. The summed E-state index contributed by atoms with van der Waals surface area (Å²) >= 11 is 0. The van der Waals surface area contributed by atoms with Gasteiger partial charge in [0.25, 0.3) is 0 Å². The maximum atomic E-state index is 11.4. The molecule has 0 radical (unpaired) electrons. The molecule has 0 aromatic heterocycles. The third-order valence-electron chi connectivity index (χ3n) is 3.97. The second kappa shape index (κ2) is 3.90. The summed E-state index contributed by atoms with van der Waals surface area (Å²) in [6.45, 7) is 5.54. The average molecular weight is 245 g/mol. The lowest BCUT2D eigenvalue weighted by molar-refractivity contribution is -0.115. The first kappa shape index (κ1) is 11.4. The van der Waals surface area contributed by atoms with Gasteiger partial charge in [-0.05, 0) is 37.0 Å². The molecular formula is C14H19N3O. The van der Waals surface area contributed by atoms with Crippen molar-refractivity contribution in [1.82, 2.24) is 0 Å². The maximum absolute atomic E-state index is 11.4. The fourth-order valence-corrected chi connectivity index (χ4v) is 3.17. The summed E-state index contributed by atoms with van der Waals surface area (Å²) in [5.41, 5.74) is 9.93. The second-order valence-electron chi connectivity index (χ2n) is 5.64. The molecule has 1 amide bonds. The minimum Gasteiger partial charge on any atom is -0.397 e. The van der Waals surface area contributed by atoms with Gasteiger partial charge >= 0.3 is 0 Å². The van der Waals surface area contributed by atoms with Crippen LogP contribution in [0.25, 0.3) is 0 Å². The van der Waals surface area contributed by atoms with Gasteiger partial charge < -0.3 is 16.0 Å². The van der Waals surface area contributed by atoms with E-state index in [0.717, 1.165) is 29.2 Å². The van der Waals surface area contributed by atoms with Gasteiger partial charge in [0.15, 0.2) is 0 Å². The summed E-state index contributed by atoms with van der Waals surface area (Å²) in [6, 6.07) is 4.49. The molecule has 2 unspecified atom stereocenters. The summed E-state index contributed by atoms with van der Waals surface area (Å²) in [6.07, 6.45) is 1.65. The van der Waals surface area contributed by atoms with Crippen molar-refractivity contribution >= 4 is 23.0 Å². The number of anilines is 3. The first-order valence-electron chi connectivity index (χ1n) is 6.53. The van der Waals surface area contributed by atoms with Crippen LogP contribution < -0.4 is 16.0 Å². The van der Waals surface area contributed by atoms with Crippen molar-refractivity contribution in [2.45, 2.75) is 32.7 Å². The van der Waals surface area contributed by atoms with Crippen LogP contribution in [-0.4, -0.2) is 18.5 Å². The standard InChI is InChI=1S/C14H19N3O/c1-8-3-9(2)17(7-8)13-6-12-10(4-11(13)15)5-14(18)16-12/h4,6,8-9H,3,5,7,15H2,1-2H3,(H,16,18). The molecular weight excluding hydrogens is 226 g/mol. The van der Waals surface area contributed by atoms with E-state index in [1.807, 2.05) is 12.1 Å². The molecule has 2 aliphatic rings. The van der Waals surface area contributed by atoms with Gasteiger partial charge in [-0.1, -0.05) is 6.92 Å². The molecule has 2 heterocycles. The van der Waals surface area contributed by atoms with Gasteiger partial charge in [-0.3, -0.25) is 4.79 Å². The minimum absolute atomic E-state index is 0.0596. The van der Waals surface area contributed by atoms with Gasteiger partial charge in [0.1, 0.15) is 0 Å². The van der Waals surface area contributed by atoms with Crippen LogP contribution in [0.15, 0.2) is 12.1 Å². The van der Waals surface area contributed by atoms with Gasteiger partial charge in [0.2, 0.25) is 5.91 Å². The zero-order valence-corrected chi connectivity index (χ0v) is 10.9.